The van der Waals surface area contributed by atoms with Crippen LogP contribution in [0.5, 0.6) is 5.75 Å². The van der Waals surface area contributed by atoms with Crippen molar-refractivity contribution >= 4 is 64.6 Å². The lowest BCUT2D eigenvalue weighted by atomic mass is 10.1. The number of halogens is 5. The van der Waals surface area contributed by atoms with Gasteiger partial charge in [-0.3, -0.25) is 9.69 Å². The zero-order valence-electron chi connectivity index (χ0n) is 20.8. The fourth-order valence-electron chi connectivity index (χ4n) is 3.60. The molecule has 4 rings (SSSR count). The molecule has 2 aromatic rings. The molecule has 15 heteroatoms. The Balaban J connectivity index is 0.000000559. The molecule has 2 aromatic carbocycles. The van der Waals surface area contributed by atoms with Gasteiger partial charge in [0.25, 0.3) is 5.91 Å². The van der Waals surface area contributed by atoms with Gasteiger partial charge in [-0.1, -0.05) is 36.0 Å². The third kappa shape index (κ3) is 7.58. The number of carboxylic acid groups (broad SMARTS) is 1. The molecule has 2 atom stereocenters. The van der Waals surface area contributed by atoms with Crippen molar-refractivity contribution in [2.45, 2.75) is 40.9 Å². The number of thioether (sulfide) groups is 2. The summed E-state index contributed by atoms with van der Waals surface area (Å²) in [5.74, 6) is -1.69. The summed E-state index contributed by atoms with van der Waals surface area (Å²) in [5, 5.41) is 8.63. The molecule has 1 amide bonds. The molecule has 2 aliphatic heterocycles. The quantitative estimate of drug-likeness (QED) is 0.266. The zero-order valence-corrected chi connectivity index (χ0v) is 24.0. The number of quaternary nitrogens is 1. The van der Waals surface area contributed by atoms with Gasteiger partial charge in [0, 0.05) is 27.3 Å². The van der Waals surface area contributed by atoms with Crippen molar-refractivity contribution in [3.05, 3.63) is 69.8 Å². The molecule has 0 radical (unpaired) electrons. The molecule has 0 saturated carbocycles. The first-order chi connectivity index (χ1) is 18.9. The maximum atomic E-state index is 13.2. The molecule has 3 N–H and O–H groups in total. The fraction of sp³-hybridized carbons (Fsp3) is 0.320. The van der Waals surface area contributed by atoms with E-state index in [4.69, 9.17) is 42.6 Å². The lowest BCUT2D eigenvalue weighted by Gasteiger charge is -2.45. The standard InChI is InChI=1S/C23H22Cl2N2O4S2.C2HF3O2/c1-30-16-5-2-13(3-6-16)11-31-23(29)20-18(12-32-22-19(26)21(28)27(20)22)33-17-7-4-14(9-24)8-15(17)10-25;3-2(4,5)1(6)7/h2-8,19,22H,9-12,26H2,1H3;(H,6,7)/t19-,22-;/m1./s1. The van der Waals surface area contributed by atoms with E-state index in [1.165, 1.54) is 16.7 Å². The Bertz CT molecular complexity index is 1290. The average molecular weight is 640 g/mol. The van der Waals surface area contributed by atoms with Gasteiger partial charge >= 0.3 is 12.1 Å². The van der Waals surface area contributed by atoms with Crippen LogP contribution in [0, 0.1) is 0 Å². The molecule has 0 spiro atoms. The first kappa shape index (κ1) is 31.9. The molecule has 1 saturated heterocycles. The molecular formula is C25H23Cl2F3N2O6S2. The summed E-state index contributed by atoms with van der Waals surface area (Å²) in [6.07, 6.45) is -5.19. The second-order valence-corrected chi connectivity index (χ2v) is 11.1. The Kier molecular flexibility index (Phi) is 11.1. The topological polar surface area (TPSA) is 124 Å². The van der Waals surface area contributed by atoms with Crippen LogP contribution in [0.1, 0.15) is 16.7 Å². The van der Waals surface area contributed by atoms with E-state index in [0.29, 0.717) is 23.2 Å². The first-order valence-electron chi connectivity index (χ1n) is 11.4. The maximum Gasteiger partial charge on any atom is 0.430 e. The van der Waals surface area contributed by atoms with E-state index in [1.807, 2.05) is 42.5 Å². The Morgan fingerprint density at radius 1 is 1.15 bits per heavy atom. The van der Waals surface area contributed by atoms with Crippen molar-refractivity contribution in [3.63, 3.8) is 0 Å². The van der Waals surface area contributed by atoms with E-state index in [0.717, 1.165) is 32.2 Å². The van der Waals surface area contributed by atoms with Gasteiger partial charge in [0.1, 0.15) is 29.4 Å². The molecule has 216 valence electrons. The highest BCUT2D eigenvalue weighted by Crippen LogP contribution is 2.45. The first-order valence-corrected chi connectivity index (χ1v) is 14.3. The van der Waals surface area contributed by atoms with E-state index in [2.05, 4.69) is 5.73 Å². The van der Waals surface area contributed by atoms with E-state index < -0.39 is 18.1 Å². The fourth-order valence-corrected chi connectivity index (χ4v) is 6.61. The molecule has 2 aliphatic rings. The van der Waals surface area contributed by atoms with Gasteiger partial charge in [-0.15, -0.1) is 35.0 Å². The smallest absolute Gasteiger partial charge is 0.430 e. The number of carbonyl (C=O) groups excluding carboxylic acids is 3. The zero-order chi connectivity index (χ0) is 29.6. The minimum absolute atomic E-state index is 0.0925. The summed E-state index contributed by atoms with van der Waals surface area (Å²) < 4.78 is 42.3. The third-order valence-electron chi connectivity index (χ3n) is 5.65. The van der Waals surface area contributed by atoms with Crippen LogP contribution in [0.3, 0.4) is 0 Å². The van der Waals surface area contributed by atoms with Crippen LogP contribution in [-0.2, 0) is 37.5 Å². The van der Waals surface area contributed by atoms with Gasteiger partial charge in [0.2, 0.25) is 0 Å². The van der Waals surface area contributed by atoms with Crippen LogP contribution in [0.2, 0.25) is 0 Å². The van der Waals surface area contributed by atoms with Gasteiger partial charge in [-0.2, -0.15) is 13.2 Å². The number of ether oxygens (including phenoxy) is 2. The lowest BCUT2D eigenvalue weighted by molar-refractivity contribution is -0.423. The summed E-state index contributed by atoms with van der Waals surface area (Å²) in [6, 6.07) is 12.8. The number of benzene rings is 2. The highest BCUT2D eigenvalue weighted by molar-refractivity contribution is 8.06. The minimum atomic E-state index is -5.19. The number of aliphatic carboxylic acids is 1. The number of hydrogen-bond acceptors (Lipinski definition) is 8. The normalized spacial score (nSPS) is 18.3. The number of β-lactam (4-membered cyclic amide) rings is 1. The van der Waals surface area contributed by atoms with Crippen molar-refractivity contribution in [2.24, 2.45) is 0 Å². The lowest BCUT2D eigenvalue weighted by Crippen LogP contribution is -2.83. The number of nitrogens with zero attached hydrogens (tertiary/aromatic N) is 1. The second kappa shape index (κ2) is 13.9. The largest absolute Gasteiger partial charge is 0.542 e. The Hall–Kier alpha value is -2.58. The predicted molar refractivity (Wildman–Crippen MR) is 142 cm³/mol. The summed E-state index contributed by atoms with van der Waals surface area (Å²) in [7, 11) is 1.59. The Morgan fingerprint density at radius 2 is 1.77 bits per heavy atom. The molecule has 1 fully saturated rings. The van der Waals surface area contributed by atoms with Gasteiger partial charge in [0.15, 0.2) is 6.04 Å². The molecule has 0 aromatic heterocycles. The number of rotatable bonds is 8. The summed E-state index contributed by atoms with van der Waals surface area (Å²) in [4.78, 5) is 37.8. The van der Waals surface area contributed by atoms with Crippen LogP contribution < -0.4 is 15.6 Å². The highest BCUT2D eigenvalue weighted by Gasteiger charge is 2.55. The molecule has 8 nitrogen and oxygen atoms in total. The highest BCUT2D eigenvalue weighted by atomic mass is 35.5. The van der Waals surface area contributed by atoms with Crippen LogP contribution in [0.25, 0.3) is 0 Å². The number of amides is 1. The summed E-state index contributed by atoms with van der Waals surface area (Å²) >= 11 is 15.2. The van der Waals surface area contributed by atoms with Gasteiger partial charge in [0.05, 0.1) is 7.11 Å². The average Bonchev–Trinajstić information content (AvgIpc) is 2.95. The van der Waals surface area contributed by atoms with Gasteiger partial charge in [-0.05, 0) is 34.9 Å². The van der Waals surface area contributed by atoms with Crippen LogP contribution in [0.15, 0.2) is 58.0 Å². The number of alkyl halides is 5. The molecule has 40 heavy (non-hydrogen) atoms. The number of esters is 1. The number of carbonyl (C=O) groups is 3. The van der Waals surface area contributed by atoms with Crippen molar-refractivity contribution < 1.29 is 47.9 Å². The van der Waals surface area contributed by atoms with E-state index in [-0.39, 0.29) is 23.9 Å². The second-order valence-electron chi connectivity index (χ2n) is 8.31. The van der Waals surface area contributed by atoms with Crippen molar-refractivity contribution in [1.29, 1.82) is 0 Å². The van der Waals surface area contributed by atoms with Crippen molar-refractivity contribution in [1.82, 2.24) is 4.90 Å². The predicted octanol–water partition coefficient (Wildman–Crippen LogP) is 3.04. The summed E-state index contributed by atoms with van der Waals surface area (Å²) in [5.41, 5.74) is 6.95. The number of methoxy groups -OCH3 is 1. The van der Waals surface area contributed by atoms with Crippen LogP contribution in [0.4, 0.5) is 13.2 Å². The summed E-state index contributed by atoms with van der Waals surface area (Å²) in [6.45, 7) is 0.0925. The van der Waals surface area contributed by atoms with E-state index in [1.54, 1.807) is 18.9 Å². The van der Waals surface area contributed by atoms with E-state index in [9.17, 15) is 22.8 Å². The third-order valence-corrected chi connectivity index (χ3v) is 8.97. The molecule has 0 bridgehead atoms. The number of carboxylic acids is 1. The molecule has 2 heterocycles. The number of fused-ring (bicyclic) bond motifs is 1. The molecular weight excluding hydrogens is 616 g/mol. The minimum Gasteiger partial charge on any atom is -0.542 e. The van der Waals surface area contributed by atoms with Gasteiger partial charge in [-0.25, -0.2) is 4.79 Å². The molecule has 0 aliphatic carbocycles. The van der Waals surface area contributed by atoms with E-state index >= 15 is 0 Å². The van der Waals surface area contributed by atoms with Crippen molar-refractivity contribution in [2.75, 3.05) is 12.9 Å². The van der Waals surface area contributed by atoms with Crippen molar-refractivity contribution in [3.8, 4) is 5.75 Å². The Labute approximate surface area is 245 Å². The number of hydrogen-bond donors (Lipinski definition) is 1. The maximum absolute atomic E-state index is 13.2. The van der Waals surface area contributed by atoms with Crippen LogP contribution >= 0.6 is 46.7 Å². The SMILES string of the molecule is COc1ccc(COC(=O)C2=C(Sc3ccc(CCl)cc3CCl)CS[C@@H]3[C@H]([NH3+])C(=O)N23)cc1.O=C([O-])C(F)(F)F. The van der Waals surface area contributed by atoms with Crippen LogP contribution in [-0.4, -0.2) is 53.2 Å². The molecule has 0 unspecified atom stereocenters. The Morgan fingerprint density at radius 3 is 2.33 bits per heavy atom. The van der Waals surface area contributed by atoms with Gasteiger partial charge < -0.3 is 25.1 Å². The monoisotopic (exact) mass is 638 g/mol.